The molecule has 2 N–H and O–H groups in total. The fourth-order valence-corrected chi connectivity index (χ4v) is 5.45. The van der Waals surface area contributed by atoms with Crippen LogP contribution in [0.1, 0.15) is 36.8 Å². The highest BCUT2D eigenvalue weighted by Crippen LogP contribution is 2.44. The van der Waals surface area contributed by atoms with Crippen molar-refractivity contribution < 1.29 is 13.6 Å². The molecule has 3 aromatic rings. The van der Waals surface area contributed by atoms with Gasteiger partial charge in [-0.15, -0.1) is 10.2 Å². The van der Waals surface area contributed by atoms with E-state index in [4.69, 9.17) is 19.7 Å². The number of furan rings is 2. The molecule has 2 aliphatic rings. The number of aromatic nitrogens is 2. The summed E-state index contributed by atoms with van der Waals surface area (Å²) >= 11 is 2.58. The fraction of sp³-hybridized carbons (Fsp3) is 0.300. The van der Waals surface area contributed by atoms with Gasteiger partial charge in [-0.2, -0.15) is 5.10 Å². The summed E-state index contributed by atoms with van der Waals surface area (Å²) in [7, 11) is 0. The Labute approximate surface area is 180 Å². The quantitative estimate of drug-likeness (QED) is 0.590. The number of thioether (sulfide) groups is 1. The van der Waals surface area contributed by atoms with Crippen LogP contribution in [0.25, 0.3) is 6.08 Å². The predicted molar refractivity (Wildman–Crippen MR) is 115 cm³/mol. The van der Waals surface area contributed by atoms with Gasteiger partial charge in [0.05, 0.1) is 24.0 Å². The van der Waals surface area contributed by atoms with Gasteiger partial charge < -0.3 is 14.6 Å². The second-order valence-electron chi connectivity index (χ2n) is 7.06. The third kappa shape index (κ3) is 3.68. The highest BCUT2D eigenvalue weighted by Gasteiger charge is 2.45. The number of hydrazone groups is 1. The minimum absolute atomic E-state index is 0.0947. The van der Waals surface area contributed by atoms with Crippen LogP contribution in [0.15, 0.2) is 60.6 Å². The van der Waals surface area contributed by atoms with E-state index in [1.54, 1.807) is 17.5 Å². The highest BCUT2D eigenvalue weighted by atomic mass is 32.2. The predicted octanol–water partition coefficient (Wildman–Crippen LogP) is 4.22. The first-order chi connectivity index (χ1) is 14.7. The molecule has 0 radical (unpaired) electrons. The van der Waals surface area contributed by atoms with Crippen molar-refractivity contribution in [3.63, 3.8) is 0 Å². The van der Waals surface area contributed by atoms with E-state index in [9.17, 15) is 4.79 Å². The summed E-state index contributed by atoms with van der Waals surface area (Å²) in [5.74, 6) is 1.73. The number of nitrogens with two attached hydrogens (primary N) is 1. The molecular formula is C20H19N5O3S2. The molecule has 5 rings (SSSR count). The van der Waals surface area contributed by atoms with Gasteiger partial charge in [0.2, 0.25) is 5.13 Å². The average molecular weight is 442 g/mol. The minimum atomic E-state index is -0.247. The number of fused-ring (bicyclic) bond motifs is 1. The molecule has 1 amide bonds. The van der Waals surface area contributed by atoms with E-state index in [1.165, 1.54) is 23.1 Å². The zero-order valence-corrected chi connectivity index (χ0v) is 17.6. The summed E-state index contributed by atoms with van der Waals surface area (Å²) < 4.78 is 11.9. The Kier molecular flexibility index (Phi) is 5.17. The van der Waals surface area contributed by atoms with Gasteiger partial charge in [0.1, 0.15) is 17.6 Å². The average Bonchev–Trinajstić information content (AvgIpc) is 3.52. The molecule has 1 fully saturated rings. The van der Waals surface area contributed by atoms with E-state index in [-0.39, 0.29) is 23.6 Å². The molecule has 8 nitrogen and oxygen atoms in total. The molecular weight excluding hydrogens is 422 g/mol. The van der Waals surface area contributed by atoms with Gasteiger partial charge in [-0.1, -0.05) is 23.1 Å². The normalized spacial score (nSPS) is 22.3. The monoisotopic (exact) mass is 441 g/mol. The molecule has 154 valence electrons. The van der Waals surface area contributed by atoms with E-state index in [1.807, 2.05) is 30.3 Å². The first-order valence-electron chi connectivity index (χ1n) is 9.59. The van der Waals surface area contributed by atoms with E-state index in [0.29, 0.717) is 9.47 Å². The number of nitrogen functional groups attached to an aromatic ring is 1. The van der Waals surface area contributed by atoms with Crippen molar-refractivity contribution in [2.45, 2.75) is 29.6 Å². The van der Waals surface area contributed by atoms with Crippen molar-refractivity contribution in [1.29, 1.82) is 0 Å². The summed E-state index contributed by atoms with van der Waals surface area (Å²) in [6, 6.07) is 7.29. The van der Waals surface area contributed by atoms with Crippen LogP contribution in [0.5, 0.6) is 0 Å². The zero-order valence-electron chi connectivity index (χ0n) is 15.9. The second-order valence-corrected chi connectivity index (χ2v) is 9.29. The van der Waals surface area contributed by atoms with E-state index in [2.05, 4.69) is 10.2 Å². The minimum Gasteiger partial charge on any atom is -0.467 e. The van der Waals surface area contributed by atoms with Gasteiger partial charge in [0.15, 0.2) is 4.34 Å². The van der Waals surface area contributed by atoms with Crippen LogP contribution in [0.4, 0.5) is 5.13 Å². The van der Waals surface area contributed by atoms with E-state index >= 15 is 0 Å². The van der Waals surface area contributed by atoms with E-state index < -0.39 is 0 Å². The van der Waals surface area contributed by atoms with Crippen molar-refractivity contribution in [2.75, 3.05) is 11.5 Å². The Morgan fingerprint density at radius 3 is 2.90 bits per heavy atom. The third-order valence-corrected chi connectivity index (χ3v) is 7.06. The summed E-state index contributed by atoms with van der Waals surface area (Å²) in [5.41, 5.74) is 7.68. The van der Waals surface area contributed by atoms with Crippen LogP contribution < -0.4 is 5.73 Å². The molecule has 1 aliphatic heterocycles. The molecule has 10 heteroatoms. The number of amides is 1. The van der Waals surface area contributed by atoms with Crippen LogP contribution in [0.2, 0.25) is 0 Å². The summed E-state index contributed by atoms with van der Waals surface area (Å²) in [5, 5.41) is 14.5. The molecule has 0 unspecified atom stereocenters. The van der Waals surface area contributed by atoms with Gasteiger partial charge in [-0.3, -0.25) is 4.79 Å². The summed E-state index contributed by atoms with van der Waals surface area (Å²) in [6.45, 7) is 0. The Bertz CT molecular complexity index is 1090. The highest BCUT2D eigenvalue weighted by molar-refractivity contribution is 8.01. The number of anilines is 1. The molecule has 0 spiro atoms. The van der Waals surface area contributed by atoms with Crippen molar-refractivity contribution in [1.82, 2.24) is 15.2 Å². The molecule has 0 saturated heterocycles. The molecule has 0 bridgehead atoms. The second kappa shape index (κ2) is 8.11. The van der Waals surface area contributed by atoms with Gasteiger partial charge in [-0.05, 0) is 55.2 Å². The Morgan fingerprint density at radius 2 is 2.17 bits per heavy atom. The lowest BCUT2D eigenvalue weighted by atomic mass is 9.79. The first kappa shape index (κ1) is 19.1. The maximum atomic E-state index is 13.1. The molecule has 3 aromatic heterocycles. The number of hydrogen-bond acceptors (Lipinski definition) is 9. The molecule has 4 heterocycles. The maximum absolute atomic E-state index is 13.1. The molecule has 2 atom stereocenters. The largest absolute Gasteiger partial charge is 0.467 e. The molecule has 30 heavy (non-hydrogen) atoms. The maximum Gasteiger partial charge on any atom is 0.253 e. The smallest absolute Gasteiger partial charge is 0.253 e. The molecule has 1 aliphatic carbocycles. The number of allylic oxidation sites excluding steroid dienone is 1. The van der Waals surface area contributed by atoms with Crippen molar-refractivity contribution in [3.8, 4) is 0 Å². The number of carbonyl (C=O) groups is 1. The molecule has 0 aromatic carbocycles. The SMILES string of the molecule is Nc1nnc(SCC(=O)N2N=C3/C(=C\c4ccco4)CCC[C@@H]3[C@@H]2c2ccco2)s1. The van der Waals surface area contributed by atoms with Crippen LogP contribution in [-0.4, -0.2) is 32.6 Å². The summed E-state index contributed by atoms with van der Waals surface area (Å²) in [4.78, 5) is 13.1. The van der Waals surface area contributed by atoms with Gasteiger partial charge in [0.25, 0.3) is 5.91 Å². The summed E-state index contributed by atoms with van der Waals surface area (Å²) in [6.07, 6.45) is 8.19. The number of hydrogen-bond donors (Lipinski definition) is 1. The van der Waals surface area contributed by atoms with Crippen molar-refractivity contribution in [3.05, 3.63) is 53.9 Å². The zero-order chi connectivity index (χ0) is 20.5. The van der Waals surface area contributed by atoms with Gasteiger partial charge in [0, 0.05) is 5.92 Å². The van der Waals surface area contributed by atoms with E-state index in [0.717, 1.165) is 42.1 Å². The van der Waals surface area contributed by atoms with Crippen LogP contribution in [-0.2, 0) is 4.79 Å². The van der Waals surface area contributed by atoms with Crippen molar-refractivity contribution in [2.24, 2.45) is 11.0 Å². The first-order valence-corrected chi connectivity index (χ1v) is 11.4. The van der Waals surface area contributed by atoms with Gasteiger partial charge in [-0.25, -0.2) is 5.01 Å². The fourth-order valence-electron chi connectivity index (χ4n) is 3.96. The van der Waals surface area contributed by atoms with Crippen LogP contribution >= 0.6 is 23.1 Å². The third-order valence-electron chi connectivity index (χ3n) is 5.19. The topological polar surface area (TPSA) is 111 Å². The van der Waals surface area contributed by atoms with Gasteiger partial charge >= 0.3 is 0 Å². The van der Waals surface area contributed by atoms with Crippen molar-refractivity contribution >= 4 is 45.9 Å². The molecule has 1 saturated carbocycles. The van der Waals surface area contributed by atoms with Crippen LogP contribution in [0.3, 0.4) is 0 Å². The Hall–Kier alpha value is -2.85. The van der Waals surface area contributed by atoms with Crippen LogP contribution in [0, 0.1) is 5.92 Å². The standard InChI is InChI=1S/C20H19N5O3S2/c21-19-22-23-20(30-19)29-11-16(26)25-18(15-7-3-9-28-15)14-6-1-4-12(17(14)24-25)10-13-5-2-8-27-13/h2-3,5,7-10,14,18H,1,4,6,11H2,(H2,21,22)/b12-10-/t14-,18+/m0/s1. The number of nitrogens with zero attached hydrogens (tertiary/aromatic N) is 4. The Balaban J connectivity index is 1.44. The number of carbonyl (C=O) groups excluding carboxylic acids is 1. The lowest BCUT2D eigenvalue weighted by molar-refractivity contribution is -0.131. The lowest BCUT2D eigenvalue weighted by Crippen LogP contribution is -2.32. The lowest BCUT2D eigenvalue weighted by Gasteiger charge is -2.27. The number of rotatable bonds is 5. The Morgan fingerprint density at radius 1 is 1.30 bits per heavy atom.